The summed E-state index contributed by atoms with van der Waals surface area (Å²) in [7, 11) is 0. The van der Waals surface area contributed by atoms with Crippen molar-refractivity contribution in [2.75, 3.05) is 43.4 Å². The molecule has 1 aromatic heterocycles. The van der Waals surface area contributed by atoms with E-state index in [1.807, 2.05) is 30.3 Å². The fourth-order valence-electron chi connectivity index (χ4n) is 2.44. The highest BCUT2D eigenvalue weighted by Gasteiger charge is 2.16. The van der Waals surface area contributed by atoms with Gasteiger partial charge in [0.05, 0.1) is 18.5 Å². The maximum Gasteiger partial charge on any atom is 0.171 e. The standard InChI is InChI=1S/C16H21N5O/c17-15-16(21-9-7-18-8-10-21)20-13(12-19-15)6-11-22-14-4-2-1-3-5-14/h1-5,12,18H,6-11H2,(H2,17,19). The number of hydrogen-bond acceptors (Lipinski definition) is 6. The Balaban J connectivity index is 1.61. The van der Waals surface area contributed by atoms with Crippen LogP contribution in [0.15, 0.2) is 36.5 Å². The zero-order valence-corrected chi connectivity index (χ0v) is 12.5. The van der Waals surface area contributed by atoms with Crippen LogP contribution in [0.3, 0.4) is 0 Å². The Morgan fingerprint density at radius 1 is 1.18 bits per heavy atom. The van der Waals surface area contributed by atoms with Crippen molar-refractivity contribution in [3.05, 3.63) is 42.2 Å². The largest absolute Gasteiger partial charge is 0.493 e. The number of nitrogen functional groups attached to an aromatic ring is 1. The molecule has 1 aliphatic heterocycles. The fraction of sp³-hybridized carbons (Fsp3) is 0.375. The number of ether oxygens (including phenoxy) is 1. The van der Waals surface area contributed by atoms with Crippen LogP contribution in [0.25, 0.3) is 0 Å². The van der Waals surface area contributed by atoms with Gasteiger partial charge in [-0.15, -0.1) is 0 Å². The monoisotopic (exact) mass is 299 g/mol. The second kappa shape index (κ2) is 7.09. The molecule has 0 aliphatic carbocycles. The Morgan fingerprint density at radius 3 is 2.73 bits per heavy atom. The lowest BCUT2D eigenvalue weighted by molar-refractivity contribution is 0.320. The zero-order chi connectivity index (χ0) is 15.2. The SMILES string of the molecule is Nc1ncc(CCOc2ccccc2)nc1N1CCNCC1. The van der Waals surface area contributed by atoms with E-state index in [1.54, 1.807) is 6.20 Å². The van der Waals surface area contributed by atoms with Gasteiger partial charge in [-0.05, 0) is 12.1 Å². The molecule has 1 aliphatic rings. The molecule has 3 rings (SSSR count). The maximum absolute atomic E-state index is 5.97. The van der Waals surface area contributed by atoms with E-state index >= 15 is 0 Å². The molecule has 0 atom stereocenters. The Hall–Kier alpha value is -2.34. The number of para-hydroxylation sites is 1. The fourth-order valence-corrected chi connectivity index (χ4v) is 2.44. The number of nitrogens with two attached hydrogens (primary N) is 1. The minimum atomic E-state index is 0.495. The van der Waals surface area contributed by atoms with Crippen LogP contribution in [0, 0.1) is 0 Å². The molecule has 0 unspecified atom stereocenters. The van der Waals surface area contributed by atoms with Crippen molar-refractivity contribution >= 4 is 11.6 Å². The van der Waals surface area contributed by atoms with E-state index in [2.05, 4.69) is 20.2 Å². The third kappa shape index (κ3) is 3.65. The van der Waals surface area contributed by atoms with E-state index in [0.29, 0.717) is 18.8 Å². The van der Waals surface area contributed by atoms with Crippen LogP contribution in [0.5, 0.6) is 5.75 Å². The third-order valence-electron chi connectivity index (χ3n) is 3.62. The summed E-state index contributed by atoms with van der Waals surface area (Å²) >= 11 is 0. The van der Waals surface area contributed by atoms with E-state index in [0.717, 1.165) is 43.4 Å². The van der Waals surface area contributed by atoms with Gasteiger partial charge in [0, 0.05) is 32.6 Å². The average Bonchev–Trinajstić information content (AvgIpc) is 2.58. The van der Waals surface area contributed by atoms with Gasteiger partial charge in [-0.2, -0.15) is 0 Å². The molecule has 3 N–H and O–H groups in total. The molecule has 0 saturated carbocycles. The lowest BCUT2D eigenvalue weighted by Crippen LogP contribution is -2.44. The van der Waals surface area contributed by atoms with Crippen molar-refractivity contribution in [2.24, 2.45) is 0 Å². The van der Waals surface area contributed by atoms with Gasteiger partial charge in [-0.1, -0.05) is 18.2 Å². The molecule has 0 bridgehead atoms. The lowest BCUT2D eigenvalue weighted by atomic mass is 10.3. The number of aromatic nitrogens is 2. The number of nitrogens with one attached hydrogen (secondary N) is 1. The molecule has 1 fully saturated rings. The summed E-state index contributed by atoms with van der Waals surface area (Å²) in [6, 6.07) is 9.78. The summed E-state index contributed by atoms with van der Waals surface area (Å²) in [6.45, 7) is 4.28. The molecule has 6 heteroatoms. The number of benzene rings is 1. The van der Waals surface area contributed by atoms with Gasteiger partial charge in [0.15, 0.2) is 11.6 Å². The van der Waals surface area contributed by atoms with Crippen LogP contribution in [0.2, 0.25) is 0 Å². The summed E-state index contributed by atoms with van der Waals surface area (Å²) in [6.07, 6.45) is 2.44. The summed E-state index contributed by atoms with van der Waals surface area (Å²) in [5.74, 6) is 2.15. The lowest BCUT2D eigenvalue weighted by Gasteiger charge is -2.29. The van der Waals surface area contributed by atoms with Gasteiger partial charge >= 0.3 is 0 Å². The van der Waals surface area contributed by atoms with Crippen LogP contribution >= 0.6 is 0 Å². The van der Waals surface area contributed by atoms with Crippen molar-refractivity contribution in [1.29, 1.82) is 0 Å². The van der Waals surface area contributed by atoms with Gasteiger partial charge in [0.25, 0.3) is 0 Å². The third-order valence-corrected chi connectivity index (χ3v) is 3.62. The van der Waals surface area contributed by atoms with Crippen molar-refractivity contribution < 1.29 is 4.74 Å². The molecular formula is C16H21N5O. The first-order valence-electron chi connectivity index (χ1n) is 7.58. The number of hydrogen-bond donors (Lipinski definition) is 2. The van der Waals surface area contributed by atoms with E-state index in [1.165, 1.54) is 0 Å². The predicted molar refractivity (Wildman–Crippen MR) is 87.2 cm³/mol. The van der Waals surface area contributed by atoms with Crippen LogP contribution in [0.1, 0.15) is 5.69 Å². The Bertz CT molecular complexity index is 599. The molecule has 116 valence electrons. The van der Waals surface area contributed by atoms with Gasteiger partial charge in [-0.3, -0.25) is 0 Å². The van der Waals surface area contributed by atoms with Crippen LogP contribution < -0.4 is 20.7 Å². The second-order valence-corrected chi connectivity index (χ2v) is 5.22. The minimum Gasteiger partial charge on any atom is -0.493 e. The number of anilines is 2. The van der Waals surface area contributed by atoms with Gasteiger partial charge in [0.2, 0.25) is 0 Å². The molecule has 6 nitrogen and oxygen atoms in total. The highest BCUT2D eigenvalue weighted by molar-refractivity contribution is 5.58. The first kappa shape index (κ1) is 14.6. The number of rotatable bonds is 5. The van der Waals surface area contributed by atoms with Gasteiger partial charge in [0.1, 0.15) is 5.75 Å². The number of piperazine rings is 1. The predicted octanol–water partition coefficient (Wildman–Crippen LogP) is 1.09. The molecule has 0 radical (unpaired) electrons. The van der Waals surface area contributed by atoms with Crippen molar-refractivity contribution in [3.63, 3.8) is 0 Å². The van der Waals surface area contributed by atoms with E-state index in [4.69, 9.17) is 10.5 Å². The minimum absolute atomic E-state index is 0.495. The first-order valence-corrected chi connectivity index (χ1v) is 7.58. The van der Waals surface area contributed by atoms with Crippen molar-refractivity contribution in [1.82, 2.24) is 15.3 Å². The van der Waals surface area contributed by atoms with Gasteiger partial charge in [-0.25, -0.2) is 9.97 Å². The molecule has 2 heterocycles. The van der Waals surface area contributed by atoms with E-state index < -0.39 is 0 Å². The summed E-state index contributed by atoms with van der Waals surface area (Å²) in [5, 5.41) is 3.32. The smallest absolute Gasteiger partial charge is 0.171 e. The average molecular weight is 299 g/mol. The molecule has 2 aromatic rings. The quantitative estimate of drug-likeness (QED) is 0.861. The Morgan fingerprint density at radius 2 is 1.95 bits per heavy atom. The summed E-state index contributed by atoms with van der Waals surface area (Å²) in [5.41, 5.74) is 6.87. The van der Waals surface area contributed by atoms with Gasteiger partial charge < -0.3 is 20.7 Å². The van der Waals surface area contributed by atoms with Crippen LogP contribution in [-0.2, 0) is 6.42 Å². The topological polar surface area (TPSA) is 76.3 Å². The molecule has 0 spiro atoms. The van der Waals surface area contributed by atoms with Crippen molar-refractivity contribution in [2.45, 2.75) is 6.42 Å². The molecule has 0 amide bonds. The molecule has 22 heavy (non-hydrogen) atoms. The van der Waals surface area contributed by atoms with Crippen LogP contribution in [0.4, 0.5) is 11.6 Å². The first-order chi connectivity index (χ1) is 10.8. The Labute approximate surface area is 130 Å². The maximum atomic E-state index is 5.97. The van der Waals surface area contributed by atoms with E-state index in [9.17, 15) is 0 Å². The molecule has 1 aromatic carbocycles. The normalized spacial score (nSPS) is 14.8. The highest BCUT2D eigenvalue weighted by Crippen LogP contribution is 2.19. The Kier molecular flexibility index (Phi) is 4.70. The molecular weight excluding hydrogens is 278 g/mol. The van der Waals surface area contributed by atoms with Crippen LogP contribution in [-0.4, -0.2) is 42.8 Å². The highest BCUT2D eigenvalue weighted by atomic mass is 16.5. The second-order valence-electron chi connectivity index (χ2n) is 5.22. The zero-order valence-electron chi connectivity index (χ0n) is 12.5. The van der Waals surface area contributed by atoms with Crippen molar-refractivity contribution in [3.8, 4) is 5.75 Å². The van der Waals surface area contributed by atoms with E-state index in [-0.39, 0.29) is 0 Å². The summed E-state index contributed by atoms with van der Waals surface area (Å²) in [4.78, 5) is 11.1. The number of nitrogens with zero attached hydrogens (tertiary/aromatic N) is 3. The summed E-state index contributed by atoms with van der Waals surface area (Å²) < 4.78 is 5.70. The molecule has 1 saturated heterocycles.